The van der Waals surface area contributed by atoms with Gasteiger partial charge in [-0.25, -0.2) is 0 Å². The molecule has 0 radical (unpaired) electrons. The number of aliphatic hydroxyl groups is 2. The van der Waals surface area contributed by atoms with E-state index >= 15 is 0 Å². The normalized spacial score (nSPS) is 16.0. The summed E-state index contributed by atoms with van der Waals surface area (Å²) in [5, 5.41) is 23.0. The lowest BCUT2D eigenvalue weighted by atomic mass is 9.91. The van der Waals surface area contributed by atoms with Gasteiger partial charge in [0.1, 0.15) is 5.82 Å². The molecule has 96 valence electrons. The van der Waals surface area contributed by atoms with Crippen LogP contribution in [0.25, 0.3) is 0 Å². The first-order valence-electron chi connectivity index (χ1n) is 6.19. The Labute approximate surface area is 102 Å². The van der Waals surface area contributed by atoms with Gasteiger partial charge in [0.15, 0.2) is 0 Å². The summed E-state index contributed by atoms with van der Waals surface area (Å²) in [6, 6.07) is 0.488. The minimum atomic E-state index is 0.00363. The number of rotatable bonds is 5. The fraction of sp³-hybridized carbons (Fsp3) is 0.750. The van der Waals surface area contributed by atoms with Gasteiger partial charge in [-0.2, -0.15) is 5.10 Å². The van der Waals surface area contributed by atoms with Crippen molar-refractivity contribution in [1.82, 2.24) is 9.78 Å². The van der Waals surface area contributed by atoms with Crippen molar-refractivity contribution in [2.75, 3.05) is 18.1 Å². The van der Waals surface area contributed by atoms with E-state index in [2.05, 4.69) is 10.00 Å². The Hall–Kier alpha value is -1.07. The molecule has 1 fully saturated rings. The summed E-state index contributed by atoms with van der Waals surface area (Å²) >= 11 is 0. The molecule has 1 aliphatic carbocycles. The first kappa shape index (κ1) is 12.4. The Kier molecular flexibility index (Phi) is 3.69. The van der Waals surface area contributed by atoms with Crippen molar-refractivity contribution in [1.29, 1.82) is 0 Å². The SMILES string of the molecule is Cc1nn(C)c(N(CCO)C2CCC2)c1CO. The molecule has 1 aromatic rings. The van der Waals surface area contributed by atoms with E-state index in [-0.39, 0.29) is 13.2 Å². The molecular weight excluding hydrogens is 218 g/mol. The molecular formula is C12H21N3O2. The fourth-order valence-corrected chi connectivity index (χ4v) is 2.50. The number of hydrogen-bond acceptors (Lipinski definition) is 4. The highest BCUT2D eigenvalue weighted by molar-refractivity contribution is 5.51. The van der Waals surface area contributed by atoms with Crippen molar-refractivity contribution in [2.24, 2.45) is 7.05 Å². The van der Waals surface area contributed by atoms with E-state index in [0.29, 0.717) is 12.6 Å². The van der Waals surface area contributed by atoms with Crippen LogP contribution in [-0.2, 0) is 13.7 Å². The maximum Gasteiger partial charge on any atom is 0.132 e. The van der Waals surface area contributed by atoms with Crippen molar-refractivity contribution >= 4 is 5.82 Å². The molecule has 0 bridgehead atoms. The molecule has 0 spiro atoms. The second-order valence-corrected chi connectivity index (χ2v) is 4.67. The highest BCUT2D eigenvalue weighted by atomic mass is 16.3. The maximum atomic E-state index is 9.46. The van der Waals surface area contributed by atoms with E-state index < -0.39 is 0 Å². The summed E-state index contributed by atoms with van der Waals surface area (Å²) in [5.41, 5.74) is 1.75. The van der Waals surface area contributed by atoms with E-state index in [0.717, 1.165) is 29.9 Å². The Morgan fingerprint density at radius 2 is 2.12 bits per heavy atom. The van der Waals surface area contributed by atoms with Gasteiger partial charge < -0.3 is 15.1 Å². The molecule has 0 aromatic carbocycles. The lowest BCUT2D eigenvalue weighted by Crippen LogP contribution is -2.43. The van der Waals surface area contributed by atoms with Gasteiger partial charge in [0.05, 0.1) is 18.9 Å². The van der Waals surface area contributed by atoms with Crippen LogP contribution in [0.2, 0.25) is 0 Å². The Balaban J connectivity index is 2.33. The Bertz CT molecular complexity index is 385. The predicted octanol–water partition coefficient (Wildman–Crippen LogP) is 0.572. The van der Waals surface area contributed by atoms with Gasteiger partial charge in [-0.3, -0.25) is 4.68 Å². The highest BCUT2D eigenvalue weighted by Gasteiger charge is 2.29. The summed E-state index contributed by atoms with van der Waals surface area (Å²) in [6.07, 6.45) is 3.57. The quantitative estimate of drug-likeness (QED) is 0.788. The van der Waals surface area contributed by atoms with Crippen LogP contribution >= 0.6 is 0 Å². The average molecular weight is 239 g/mol. The number of aromatic nitrogens is 2. The number of anilines is 1. The second kappa shape index (κ2) is 5.06. The van der Waals surface area contributed by atoms with Crippen LogP contribution in [0.4, 0.5) is 5.82 Å². The van der Waals surface area contributed by atoms with E-state index in [1.807, 2.05) is 18.7 Å². The molecule has 5 heteroatoms. The summed E-state index contributed by atoms with van der Waals surface area (Å²) in [5.74, 6) is 0.962. The highest BCUT2D eigenvalue weighted by Crippen LogP contribution is 2.32. The van der Waals surface area contributed by atoms with E-state index in [1.54, 1.807) is 0 Å². The minimum absolute atomic E-state index is 0.00363. The summed E-state index contributed by atoms with van der Waals surface area (Å²) in [4.78, 5) is 2.19. The van der Waals surface area contributed by atoms with Crippen LogP contribution in [0.5, 0.6) is 0 Å². The summed E-state index contributed by atoms with van der Waals surface area (Å²) in [7, 11) is 1.89. The summed E-state index contributed by atoms with van der Waals surface area (Å²) < 4.78 is 1.81. The van der Waals surface area contributed by atoms with E-state index in [4.69, 9.17) is 0 Å². The lowest BCUT2D eigenvalue weighted by molar-refractivity contribution is 0.272. The maximum absolute atomic E-state index is 9.46. The van der Waals surface area contributed by atoms with Crippen molar-refractivity contribution in [3.8, 4) is 0 Å². The van der Waals surface area contributed by atoms with Crippen molar-refractivity contribution in [3.05, 3.63) is 11.3 Å². The first-order valence-corrected chi connectivity index (χ1v) is 6.19. The van der Waals surface area contributed by atoms with Gasteiger partial charge in [0.25, 0.3) is 0 Å². The molecule has 17 heavy (non-hydrogen) atoms. The van der Waals surface area contributed by atoms with Crippen LogP contribution in [0, 0.1) is 6.92 Å². The molecule has 5 nitrogen and oxygen atoms in total. The van der Waals surface area contributed by atoms with Crippen LogP contribution in [-0.4, -0.2) is 39.2 Å². The molecule has 0 aliphatic heterocycles. The van der Waals surface area contributed by atoms with Crippen molar-refractivity contribution < 1.29 is 10.2 Å². The van der Waals surface area contributed by atoms with Crippen LogP contribution in [0.1, 0.15) is 30.5 Å². The number of nitrogens with zero attached hydrogens (tertiary/aromatic N) is 3. The Morgan fingerprint density at radius 1 is 1.41 bits per heavy atom. The molecule has 1 heterocycles. The topological polar surface area (TPSA) is 61.5 Å². The first-order chi connectivity index (χ1) is 8.19. The molecule has 2 rings (SSSR count). The number of aryl methyl sites for hydroxylation is 2. The minimum Gasteiger partial charge on any atom is -0.395 e. The van der Waals surface area contributed by atoms with Gasteiger partial charge in [-0.1, -0.05) is 0 Å². The van der Waals surface area contributed by atoms with Gasteiger partial charge in [0.2, 0.25) is 0 Å². The summed E-state index contributed by atoms with van der Waals surface area (Å²) in [6.45, 7) is 2.65. The van der Waals surface area contributed by atoms with E-state index in [9.17, 15) is 10.2 Å². The average Bonchev–Trinajstić information content (AvgIpc) is 2.49. The smallest absolute Gasteiger partial charge is 0.132 e. The van der Waals surface area contributed by atoms with Crippen molar-refractivity contribution in [3.63, 3.8) is 0 Å². The van der Waals surface area contributed by atoms with Gasteiger partial charge >= 0.3 is 0 Å². The molecule has 0 saturated heterocycles. The number of hydrogen-bond donors (Lipinski definition) is 2. The second-order valence-electron chi connectivity index (χ2n) is 4.67. The molecule has 1 aromatic heterocycles. The van der Waals surface area contributed by atoms with Crippen LogP contribution in [0.3, 0.4) is 0 Å². The van der Waals surface area contributed by atoms with Crippen molar-refractivity contribution in [2.45, 2.75) is 38.8 Å². The molecule has 2 N–H and O–H groups in total. The third kappa shape index (κ3) is 2.17. The monoisotopic (exact) mass is 239 g/mol. The Morgan fingerprint density at radius 3 is 2.59 bits per heavy atom. The third-order valence-corrected chi connectivity index (χ3v) is 3.60. The molecule has 0 atom stereocenters. The molecule has 0 unspecified atom stereocenters. The van der Waals surface area contributed by atoms with Crippen LogP contribution in [0.15, 0.2) is 0 Å². The van der Waals surface area contributed by atoms with E-state index in [1.165, 1.54) is 6.42 Å². The lowest BCUT2D eigenvalue weighted by Gasteiger charge is -2.39. The van der Waals surface area contributed by atoms with Gasteiger partial charge in [-0.15, -0.1) is 0 Å². The van der Waals surface area contributed by atoms with Crippen LogP contribution < -0.4 is 4.90 Å². The number of aliphatic hydroxyl groups excluding tert-OH is 2. The largest absolute Gasteiger partial charge is 0.395 e. The van der Waals surface area contributed by atoms with Gasteiger partial charge in [0, 0.05) is 25.2 Å². The molecule has 1 aliphatic rings. The standard InChI is InChI=1S/C12H21N3O2/c1-9-11(8-17)12(14(2)13-9)15(6-7-16)10-4-3-5-10/h10,16-17H,3-8H2,1-2H3. The molecule has 1 saturated carbocycles. The molecule has 0 amide bonds. The third-order valence-electron chi connectivity index (χ3n) is 3.60. The fourth-order valence-electron chi connectivity index (χ4n) is 2.50. The zero-order valence-corrected chi connectivity index (χ0v) is 10.6. The van der Waals surface area contributed by atoms with Gasteiger partial charge in [-0.05, 0) is 26.2 Å². The zero-order valence-electron chi connectivity index (χ0n) is 10.6. The predicted molar refractivity (Wildman–Crippen MR) is 65.9 cm³/mol. The zero-order chi connectivity index (χ0) is 12.4.